The quantitative estimate of drug-likeness (QED) is 0.575. The fourth-order valence-corrected chi connectivity index (χ4v) is 4.10. The number of halogens is 3. The van der Waals surface area contributed by atoms with Gasteiger partial charge in [-0.25, -0.2) is 21.6 Å². The van der Waals surface area contributed by atoms with Gasteiger partial charge in [-0.2, -0.15) is 0 Å². The Labute approximate surface area is 172 Å². The van der Waals surface area contributed by atoms with Crippen LogP contribution in [0, 0.1) is 17.5 Å². The minimum absolute atomic E-state index is 0.0109. The van der Waals surface area contributed by atoms with Crippen LogP contribution in [-0.4, -0.2) is 14.7 Å². The predicted octanol–water partition coefficient (Wildman–Crippen LogP) is 5.21. The van der Waals surface area contributed by atoms with Crippen LogP contribution in [-0.2, 0) is 16.4 Å². The molecule has 0 aliphatic carbocycles. The number of hydrogen-bond donors (Lipinski definition) is 1. The van der Waals surface area contributed by atoms with Crippen LogP contribution >= 0.6 is 0 Å². The second kappa shape index (κ2) is 7.68. The van der Waals surface area contributed by atoms with Crippen LogP contribution in [0.5, 0.6) is 5.75 Å². The lowest BCUT2D eigenvalue weighted by Crippen LogP contribution is -2.17. The molecule has 0 aromatic heterocycles. The summed E-state index contributed by atoms with van der Waals surface area (Å²) in [6, 6.07) is 13.8. The van der Waals surface area contributed by atoms with Crippen LogP contribution in [0.4, 0.5) is 18.9 Å². The first-order valence-electron chi connectivity index (χ1n) is 9.22. The zero-order valence-electron chi connectivity index (χ0n) is 16.0. The maximum absolute atomic E-state index is 14.1. The molecule has 1 unspecified atom stereocenters. The van der Waals surface area contributed by atoms with E-state index >= 15 is 0 Å². The summed E-state index contributed by atoms with van der Waals surface area (Å²) in [7, 11) is -3.38. The molecule has 4 rings (SSSR count). The van der Waals surface area contributed by atoms with Crippen LogP contribution in [0.1, 0.15) is 23.7 Å². The van der Waals surface area contributed by atoms with Crippen molar-refractivity contribution < 1.29 is 26.3 Å². The van der Waals surface area contributed by atoms with E-state index in [9.17, 15) is 21.6 Å². The first-order chi connectivity index (χ1) is 14.2. The topological polar surface area (TPSA) is 55.4 Å². The van der Waals surface area contributed by atoms with Gasteiger partial charge in [-0.3, -0.25) is 4.72 Å². The lowest BCUT2D eigenvalue weighted by Gasteiger charge is -2.27. The third kappa shape index (κ3) is 4.28. The maximum Gasteiger partial charge on any atom is 0.229 e. The van der Waals surface area contributed by atoms with Crippen molar-refractivity contribution in [3.63, 3.8) is 0 Å². The Bertz CT molecular complexity index is 1230. The summed E-state index contributed by atoms with van der Waals surface area (Å²) >= 11 is 0. The molecule has 0 saturated carbocycles. The van der Waals surface area contributed by atoms with E-state index < -0.39 is 33.6 Å². The Hall–Kier alpha value is -3.00. The van der Waals surface area contributed by atoms with Crippen molar-refractivity contribution in [2.24, 2.45) is 0 Å². The molecule has 3 aromatic carbocycles. The van der Waals surface area contributed by atoms with E-state index in [0.717, 1.165) is 29.0 Å². The SMILES string of the molecule is CS(=O)(=O)Nc1cccc(-c2ccc3c(c2)CCC(c2cc(F)c(F)cc2F)O3)c1. The van der Waals surface area contributed by atoms with E-state index in [1.807, 2.05) is 18.2 Å². The molecule has 1 N–H and O–H groups in total. The number of ether oxygens (including phenoxy) is 1. The molecule has 1 aliphatic heterocycles. The van der Waals surface area contributed by atoms with Gasteiger partial charge >= 0.3 is 0 Å². The molecule has 1 atom stereocenters. The number of anilines is 1. The summed E-state index contributed by atoms with van der Waals surface area (Å²) in [6.45, 7) is 0. The fraction of sp³-hybridized carbons (Fsp3) is 0.182. The molecule has 8 heteroatoms. The molecule has 1 aliphatic rings. The molecule has 0 amide bonds. The highest BCUT2D eigenvalue weighted by Crippen LogP contribution is 2.38. The van der Waals surface area contributed by atoms with Gasteiger partial charge in [0.15, 0.2) is 11.6 Å². The number of benzene rings is 3. The molecule has 0 saturated heterocycles. The molecule has 0 radical (unpaired) electrons. The zero-order chi connectivity index (χ0) is 21.5. The van der Waals surface area contributed by atoms with Gasteiger partial charge in [0, 0.05) is 17.3 Å². The Balaban J connectivity index is 1.60. The molecule has 3 aromatic rings. The van der Waals surface area contributed by atoms with Crippen LogP contribution in [0.3, 0.4) is 0 Å². The molecule has 4 nitrogen and oxygen atoms in total. The largest absolute Gasteiger partial charge is 0.485 e. The van der Waals surface area contributed by atoms with E-state index in [1.165, 1.54) is 0 Å². The van der Waals surface area contributed by atoms with Gasteiger partial charge in [0.1, 0.15) is 17.7 Å². The molecular formula is C22H18F3NO3S. The Morgan fingerprint density at radius 1 is 0.933 bits per heavy atom. The number of fused-ring (bicyclic) bond motifs is 1. The van der Waals surface area contributed by atoms with Crippen molar-refractivity contribution in [3.8, 4) is 16.9 Å². The third-order valence-electron chi connectivity index (χ3n) is 4.89. The van der Waals surface area contributed by atoms with Crippen LogP contribution in [0.15, 0.2) is 54.6 Å². The first kappa shape index (κ1) is 20.3. The van der Waals surface area contributed by atoms with Gasteiger partial charge in [0.25, 0.3) is 0 Å². The summed E-state index contributed by atoms with van der Waals surface area (Å²) in [4.78, 5) is 0. The first-order valence-corrected chi connectivity index (χ1v) is 11.1. The van der Waals surface area contributed by atoms with Crippen molar-refractivity contribution in [3.05, 3.63) is 83.2 Å². The zero-order valence-corrected chi connectivity index (χ0v) is 16.8. The lowest BCUT2D eigenvalue weighted by atomic mass is 9.94. The molecule has 156 valence electrons. The van der Waals surface area contributed by atoms with Crippen LogP contribution in [0.2, 0.25) is 0 Å². The summed E-state index contributed by atoms with van der Waals surface area (Å²) < 4.78 is 72.0. The minimum Gasteiger partial charge on any atom is -0.485 e. The van der Waals surface area contributed by atoms with Gasteiger partial charge in [-0.05, 0) is 59.9 Å². The molecule has 0 spiro atoms. The van der Waals surface area contributed by atoms with Gasteiger partial charge in [-0.1, -0.05) is 18.2 Å². The van der Waals surface area contributed by atoms with Gasteiger partial charge in [0.2, 0.25) is 10.0 Å². The number of hydrogen-bond acceptors (Lipinski definition) is 3. The smallest absolute Gasteiger partial charge is 0.229 e. The summed E-state index contributed by atoms with van der Waals surface area (Å²) in [5, 5.41) is 0. The van der Waals surface area contributed by atoms with Gasteiger partial charge < -0.3 is 4.74 Å². The van der Waals surface area contributed by atoms with E-state index in [1.54, 1.807) is 24.3 Å². The Morgan fingerprint density at radius 3 is 2.43 bits per heavy atom. The van der Waals surface area contributed by atoms with Crippen molar-refractivity contribution in [2.45, 2.75) is 18.9 Å². The van der Waals surface area contributed by atoms with Crippen LogP contribution < -0.4 is 9.46 Å². The van der Waals surface area contributed by atoms with Crippen molar-refractivity contribution in [2.75, 3.05) is 11.0 Å². The molecule has 0 fully saturated rings. The van der Waals surface area contributed by atoms with Crippen molar-refractivity contribution in [1.82, 2.24) is 0 Å². The minimum atomic E-state index is -3.38. The summed E-state index contributed by atoms with van der Waals surface area (Å²) in [5.74, 6) is -2.64. The van der Waals surface area contributed by atoms with Gasteiger partial charge in [0.05, 0.1) is 6.26 Å². The Kier molecular flexibility index (Phi) is 5.19. The number of sulfonamides is 1. The standard InChI is InChI=1S/C22H18F3NO3S/c1-30(27,28)26-16-4-2-3-13(10-16)14-5-7-21-15(9-14)6-8-22(29-21)17-11-19(24)20(25)12-18(17)23/h2-5,7,9-12,22,26H,6,8H2,1H3. The van der Waals surface area contributed by atoms with Crippen LogP contribution in [0.25, 0.3) is 11.1 Å². The Morgan fingerprint density at radius 2 is 1.67 bits per heavy atom. The summed E-state index contributed by atoms with van der Waals surface area (Å²) in [5.41, 5.74) is 3.03. The van der Waals surface area contributed by atoms with Crippen molar-refractivity contribution >= 4 is 15.7 Å². The highest BCUT2D eigenvalue weighted by molar-refractivity contribution is 7.92. The van der Waals surface area contributed by atoms with E-state index in [4.69, 9.17) is 4.74 Å². The number of aryl methyl sites for hydroxylation is 1. The lowest BCUT2D eigenvalue weighted by molar-refractivity contribution is 0.171. The van der Waals surface area contributed by atoms with Crippen molar-refractivity contribution in [1.29, 1.82) is 0 Å². The molecular weight excluding hydrogens is 415 g/mol. The maximum atomic E-state index is 14.1. The fourth-order valence-electron chi connectivity index (χ4n) is 3.55. The summed E-state index contributed by atoms with van der Waals surface area (Å²) in [6.07, 6.45) is 1.35. The number of rotatable bonds is 4. The van der Waals surface area contributed by atoms with Gasteiger partial charge in [-0.15, -0.1) is 0 Å². The highest BCUT2D eigenvalue weighted by Gasteiger charge is 2.25. The predicted molar refractivity (Wildman–Crippen MR) is 108 cm³/mol. The van der Waals surface area contributed by atoms with E-state index in [0.29, 0.717) is 30.3 Å². The number of nitrogens with one attached hydrogen (secondary N) is 1. The van der Waals surface area contributed by atoms with E-state index in [-0.39, 0.29) is 5.56 Å². The average molecular weight is 433 g/mol. The monoisotopic (exact) mass is 433 g/mol. The normalized spacial score (nSPS) is 15.9. The highest BCUT2D eigenvalue weighted by atomic mass is 32.2. The third-order valence-corrected chi connectivity index (χ3v) is 5.50. The molecule has 1 heterocycles. The average Bonchev–Trinajstić information content (AvgIpc) is 2.69. The molecule has 0 bridgehead atoms. The second-order valence-corrected chi connectivity index (χ2v) is 8.96. The van der Waals surface area contributed by atoms with E-state index in [2.05, 4.69) is 4.72 Å². The molecule has 30 heavy (non-hydrogen) atoms. The second-order valence-electron chi connectivity index (χ2n) is 7.21.